The molecule has 0 bridgehead atoms. The number of pyridine rings is 2. The van der Waals surface area contributed by atoms with E-state index in [0.29, 0.717) is 6.61 Å². The Morgan fingerprint density at radius 2 is 2.19 bits per heavy atom. The van der Waals surface area contributed by atoms with Gasteiger partial charge in [-0.1, -0.05) is 0 Å². The Hall–Kier alpha value is -1.48. The smallest absolute Gasteiger partial charge is 0.0967 e. The van der Waals surface area contributed by atoms with Crippen LogP contribution in [-0.2, 0) is 4.74 Å². The number of aromatic nitrogens is 2. The first-order chi connectivity index (χ1) is 7.72. The molecular weight excluding hydrogens is 200 g/mol. The Kier molecular flexibility index (Phi) is 3.15. The summed E-state index contributed by atoms with van der Waals surface area (Å²) in [4.78, 5) is 8.77. The maximum absolute atomic E-state index is 5.52. The van der Waals surface area contributed by atoms with Crippen LogP contribution in [0.25, 0.3) is 10.9 Å². The number of nitrogens with zero attached hydrogens (tertiary/aromatic N) is 2. The Labute approximate surface area is 95.5 Å². The van der Waals surface area contributed by atoms with Crippen LogP contribution in [0, 0.1) is 6.92 Å². The largest absolute Gasteiger partial charge is 0.372 e. The van der Waals surface area contributed by atoms with Gasteiger partial charge in [-0.25, -0.2) is 0 Å². The van der Waals surface area contributed by atoms with Gasteiger partial charge in [-0.2, -0.15) is 0 Å². The van der Waals surface area contributed by atoms with E-state index in [2.05, 4.69) is 16.9 Å². The first kappa shape index (κ1) is 11.0. The fraction of sp³-hybridized carbons (Fsp3) is 0.385. The topological polar surface area (TPSA) is 35.0 Å². The molecule has 1 atom stereocenters. The van der Waals surface area contributed by atoms with E-state index in [1.807, 2.05) is 38.4 Å². The predicted octanol–water partition coefficient (Wildman–Crippen LogP) is 3.04. The SMILES string of the molecule is CCOC(C)c1cc2nccc(C)c2cn1. The minimum absolute atomic E-state index is 0.0247. The zero-order valence-corrected chi connectivity index (χ0v) is 9.90. The molecule has 0 saturated heterocycles. The number of hydrogen-bond acceptors (Lipinski definition) is 3. The predicted molar refractivity (Wildman–Crippen MR) is 64.3 cm³/mol. The molecule has 0 saturated carbocycles. The van der Waals surface area contributed by atoms with Crippen LogP contribution >= 0.6 is 0 Å². The highest BCUT2D eigenvalue weighted by Gasteiger charge is 2.08. The van der Waals surface area contributed by atoms with E-state index in [-0.39, 0.29) is 6.10 Å². The molecule has 2 heterocycles. The fourth-order valence-electron chi connectivity index (χ4n) is 1.75. The van der Waals surface area contributed by atoms with E-state index in [0.717, 1.165) is 16.6 Å². The molecule has 0 N–H and O–H groups in total. The summed E-state index contributed by atoms with van der Waals surface area (Å²) in [5, 5.41) is 1.11. The van der Waals surface area contributed by atoms with Gasteiger partial charge in [0, 0.05) is 24.4 Å². The van der Waals surface area contributed by atoms with Crippen molar-refractivity contribution in [2.45, 2.75) is 26.9 Å². The van der Waals surface area contributed by atoms with Gasteiger partial charge in [0.05, 0.1) is 17.3 Å². The molecule has 3 nitrogen and oxygen atoms in total. The summed E-state index contributed by atoms with van der Waals surface area (Å²) in [5.41, 5.74) is 3.12. The third kappa shape index (κ3) is 2.04. The first-order valence-corrected chi connectivity index (χ1v) is 5.55. The van der Waals surface area contributed by atoms with Gasteiger partial charge >= 0.3 is 0 Å². The lowest BCUT2D eigenvalue weighted by atomic mass is 10.1. The zero-order valence-electron chi connectivity index (χ0n) is 9.90. The number of aryl methyl sites for hydroxylation is 1. The summed E-state index contributed by atoms with van der Waals surface area (Å²) in [7, 11) is 0. The molecule has 0 aromatic carbocycles. The molecule has 3 heteroatoms. The second-order valence-corrected chi connectivity index (χ2v) is 3.85. The van der Waals surface area contributed by atoms with Crippen molar-refractivity contribution >= 4 is 10.9 Å². The minimum atomic E-state index is 0.0247. The first-order valence-electron chi connectivity index (χ1n) is 5.55. The molecule has 2 rings (SSSR count). The lowest BCUT2D eigenvalue weighted by Crippen LogP contribution is -2.02. The van der Waals surface area contributed by atoms with Gasteiger partial charge in [-0.15, -0.1) is 0 Å². The number of ether oxygens (including phenoxy) is 1. The van der Waals surface area contributed by atoms with Crippen molar-refractivity contribution in [2.24, 2.45) is 0 Å². The zero-order chi connectivity index (χ0) is 11.5. The summed E-state index contributed by atoms with van der Waals surface area (Å²) in [5.74, 6) is 0. The summed E-state index contributed by atoms with van der Waals surface area (Å²) in [6, 6.07) is 4.00. The van der Waals surface area contributed by atoms with E-state index in [1.54, 1.807) is 0 Å². The summed E-state index contributed by atoms with van der Waals surface area (Å²) < 4.78 is 5.52. The minimum Gasteiger partial charge on any atom is -0.372 e. The molecule has 0 fully saturated rings. The summed E-state index contributed by atoms with van der Waals surface area (Å²) in [6.45, 7) is 6.76. The molecule has 84 valence electrons. The van der Waals surface area contributed by atoms with Crippen LogP contribution in [0.5, 0.6) is 0 Å². The van der Waals surface area contributed by atoms with Gasteiger partial charge in [-0.05, 0) is 38.5 Å². The van der Waals surface area contributed by atoms with Crippen LogP contribution in [-0.4, -0.2) is 16.6 Å². The van der Waals surface area contributed by atoms with Crippen molar-refractivity contribution in [3.8, 4) is 0 Å². The van der Waals surface area contributed by atoms with Crippen LogP contribution in [0.4, 0.5) is 0 Å². The van der Waals surface area contributed by atoms with Crippen LogP contribution < -0.4 is 0 Å². The number of hydrogen-bond donors (Lipinski definition) is 0. The summed E-state index contributed by atoms with van der Waals surface area (Å²) >= 11 is 0. The lowest BCUT2D eigenvalue weighted by Gasteiger charge is -2.11. The average Bonchev–Trinajstić information content (AvgIpc) is 2.29. The third-order valence-electron chi connectivity index (χ3n) is 2.70. The Morgan fingerprint density at radius 3 is 2.94 bits per heavy atom. The van der Waals surface area contributed by atoms with Gasteiger partial charge in [0.25, 0.3) is 0 Å². The molecule has 2 aromatic rings. The molecule has 0 aliphatic rings. The fourth-order valence-corrected chi connectivity index (χ4v) is 1.75. The molecule has 16 heavy (non-hydrogen) atoms. The van der Waals surface area contributed by atoms with Gasteiger partial charge in [-0.3, -0.25) is 9.97 Å². The highest BCUT2D eigenvalue weighted by atomic mass is 16.5. The monoisotopic (exact) mass is 216 g/mol. The average molecular weight is 216 g/mol. The molecule has 0 amide bonds. The van der Waals surface area contributed by atoms with Crippen molar-refractivity contribution in [2.75, 3.05) is 6.61 Å². The molecule has 0 radical (unpaired) electrons. The van der Waals surface area contributed by atoms with E-state index in [1.165, 1.54) is 5.56 Å². The van der Waals surface area contributed by atoms with E-state index < -0.39 is 0 Å². The number of rotatable bonds is 3. The molecule has 0 spiro atoms. The summed E-state index contributed by atoms with van der Waals surface area (Å²) in [6.07, 6.45) is 3.73. The van der Waals surface area contributed by atoms with Crippen molar-refractivity contribution in [1.82, 2.24) is 9.97 Å². The quantitative estimate of drug-likeness (QED) is 0.791. The molecule has 0 aliphatic heterocycles. The van der Waals surface area contributed by atoms with Crippen molar-refractivity contribution in [3.63, 3.8) is 0 Å². The second kappa shape index (κ2) is 4.58. The maximum atomic E-state index is 5.52. The van der Waals surface area contributed by atoms with Gasteiger partial charge in [0.1, 0.15) is 0 Å². The van der Waals surface area contributed by atoms with E-state index in [4.69, 9.17) is 4.74 Å². The normalized spacial score (nSPS) is 12.9. The highest BCUT2D eigenvalue weighted by molar-refractivity contribution is 5.81. The van der Waals surface area contributed by atoms with Gasteiger partial charge < -0.3 is 4.74 Å². The Balaban J connectivity index is 2.44. The molecule has 0 aliphatic carbocycles. The van der Waals surface area contributed by atoms with E-state index >= 15 is 0 Å². The van der Waals surface area contributed by atoms with Crippen LogP contribution in [0.15, 0.2) is 24.5 Å². The Bertz CT molecular complexity index is 496. The molecular formula is C13H16N2O. The van der Waals surface area contributed by atoms with Crippen LogP contribution in [0.1, 0.15) is 31.2 Å². The highest BCUT2D eigenvalue weighted by Crippen LogP contribution is 2.20. The van der Waals surface area contributed by atoms with Crippen molar-refractivity contribution in [3.05, 3.63) is 35.8 Å². The number of fused-ring (bicyclic) bond motifs is 1. The van der Waals surface area contributed by atoms with Crippen molar-refractivity contribution in [1.29, 1.82) is 0 Å². The molecule has 2 aromatic heterocycles. The Morgan fingerprint density at radius 1 is 1.38 bits per heavy atom. The van der Waals surface area contributed by atoms with Crippen LogP contribution in [0.2, 0.25) is 0 Å². The van der Waals surface area contributed by atoms with Crippen molar-refractivity contribution < 1.29 is 4.74 Å². The van der Waals surface area contributed by atoms with E-state index in [9.17, 15) is 0 Å². The standard InChI is InChI=1S/C13H16N2O/c1-4-16-10(3)12-7-13-11(8-15-12)9(2)5-6-14-13/h5-8,10H,4H2,1-3H3. The molecule has 1 unspecified atom stereocenters. The second-order valence-electron chi connectivity index (χ2n) is 3.85. The lowest BCUT2D eigenvalue weighted by molar-refractivity contribution is 0.0735. The van der Waals surface area contributed by atoms with Gasteiger partial charge in [0.2, 0.25) is 0 Å². The van der Waals surface area contributed by atoms with Gasteiger partial charge in [0.15, 0.2) is 0 Å². The maximum Gasteiger partial charge on any atom is 0.0967 e. The van der Waals surface area contributed by atoms with Crippen LogP contribution in [0.3, 0.4) is 0 Å². The third-order valence-corrected chi connectivity index (χ3v) is 2.70.